The van der Waals surface area contributed by atoms with Crippen molar-refractivity contribution < 1.29 is 44.2 Å². The molecule has 0 aliphatic carbocycles. The van der Waals surface area contributed by atoms with Crippen LogP contribution in [-0.2, 0) is 44.2 Å². The van der Waals surface area contributed by atoms with E-state index in [1.165, 1.54) is 0 Å². The summed E-state index contributed by atoms with van der Waals surface area (Å²) in [6, 6.07) is 0. The fraction of sp³-hybridized carbons (Fsp3) is 0. The Bertz CT molecular complexity index is 11.6. The molecule has 0 amide bonds. The molecule has 0 N–H and O–H groups in total. The molecule has 0 aromatic carbocycles. The van der Waals surface area contributed by atoms with Crippen molar-refractivity contribution >= 4 is 94.1 Å². The van der Waals surface area contributed by atoms with E-state index in [0.717, 1.165) is 0 Å². The first-order valence-corrected chi connectivity index (χ1v) is 0. The SMILES string of the molecule is [As].[Ba].[Hg].[Ni].[Pb]. The zero-order valence-corrected chi connectivity index (χ0v) is 19.4. The summed E-state index contributed by atoms with van der Waals surface area (Å²) in [5.74, 6) is 0. The molecule has 0 saturated heterocycles. The van der Waals surface area contributed by atoms with E-state index in [1.807, 2.05) is 0 Å². The Morgan fingerprint density at radius 1 is 1.00 bits per heavy atom. The van der Waals surface area contributed by atoms with Crippen molar-refractivity contribution in [3.8, 4) is 0 Å². The first-order valence-electron chi connectivity index (χ1n) is 0. The maximum absolute atomic E-state index is 0. The van der Waals surface area contributed by atoms with E-state index < -0.39 is 0 Å². The fourth-order valence-electron chi connectivity index (χ4n) is 0. The molecule has 0 aliphatic heterocycles. The monoisotopic (exact) mass is 681 g/mol. The molecule has 9 radical (unpaired) electrons. The molecule has 0 aromatic heterocycles. The van der Waals surface area contributed by atoms with Gasteiger partial charge in [0.1, 0.15) is 0 Å². The fourth-order valence-corrected chi connectivity index (χ4v) is 0. The van der Waals surface area contributed by atoms with E-state index >= 15 is 0 Å². The summed E-state index contributed by atoms with van der Waals surface area (Å²) in [7, 11) is 0. The van der Waals surface area contributed by atoms with Crippen molar-refractivity contribution in [2.75, 3.05) is 0 Å². The van der Waals surface area contributed by atoms with Crippen molar-refractivity contribution in [3.05, 3.63) is 0 Å². The Hall–Kier alpha value is 4.48. The molecule has 0 saturated carbocycles. The van der Waals surface area contributed by atoms with Gasteiger partial charge in [-0.05, 0) is 0 Å². The summed E-state index contributed by atoms with van der Waals surface area (Å²) in [5, 5.41) is 0. The second-order valence-corrected chi connectivity index (χ2v) is 0. The van der Waals surface area contributed by atoms with E-state index in [9.17, 15) is 0 Å². The van der Waals surface area contributed by atoms with Crippen LogP contribution in [0.5, 0.6) is 0 Å². The van der Waals surface area contributed by atoms with E-state index in [0.29, 0.717) is 0 Å². The average Bonchev–Trinajstić information content (AvgIpc) is 0. The quantitative estimate of drug-likeness (QED) is 0.285. The van der Waals surface area contributed by atoms with Crippen LogP contribution in [0.3, 0.4) is 0 Å². The van der Waals surface area contributed by atoms with Gasteiger partial charge in [-0.15, -0.1) is 0 Å². The van der Waals surface area contributed by atoms with Gasteiger partial charge in [-0.2, -0.15) is 0 Å². The molecule has 23 valence electrons. The molecule has 0 atom stereocenters. The summed E-state index contributed by atoms with van der Waals surface area (Å²) in [4.78, 5) is 0. The van der Waals surface area contributed by atoms with Crippen LogP contribution in [0.15, 0.2) is 0 Å². The molecule has 0 bridgehead atoms. The zero-order valence-electron chi connectivity index (χ0n) is 2.68. The second kappa shape index (κ2) is 23.6. The number of rotatable bonds is 0. The largest absolute Gasteiger partial charge is 0 e. The van der Waals surface area contributed by atoms with Crippen LogP contribution in [-0.4, -0.2) is 94.1 Å². The standard InChI is InChI=1S/As.Ba.Hg.Ni.Pb. The molecule has 0 unspecified atom stereocenters. The summed E-state index contributed by atoms with van der Waals surface area (Å²) < 4.78 is 0. The van der Waals surface area contributed by atoms with E-state index in [2.05, 4.69) is 0 Å². The predicted octanol–water partition coefficient (Wildman–Crippen LogP) is -1.15. The van der Waals surface area contributed by atoms with Gasteiger partial charge in [-0.1, -0.05) is 0 Å². The van der Waals surface area contributed by atoms with Crippen LogP contribution in [0.4, 0.5) is 0 Å². The summed E-state index contributed by atoms with van der Waals surface area (Å²) in [5.41, 5.74) is 0. The Labute approximate surface area is 134 Å². The molecule has 0 rings (SSSR count). The predicted molar refractivity (Wildman–Crippen MR) is 17.3 cm³/mol. The van der Waals surface area contributed by atoms with Crippen molar-refractivity contribution in [1.29, 1.82) is 0 Å². The van der Waals surface area contributed by atoms with Gasteiger partial charge in [0, 0.05) is 138 Å². The molecule has 5 heavy (non-hydrogen) atoms. The van der Waals surface area contributed by atoms with Gasteiger partial charge >= 0.3 is 0 Å². The number of hydrogen-bond acceptors (Lipinski definition) is 0. The molecule has 0 nitrogen and oxygen atoms in total. The Morgan fingerprint density at radius 3 is 1.00 bits per heavy atom. The smallest absolute Gasteiger partial charge is 0 e. The summed E-state index contributed by atoms with van der Waals surface area (Å²) in [6.07, 6.45) is 0. The Morgan fingerprint density at radius 2 is 1.00 bits per heavy atom. The van der Waals surface area contributed by atoms with Crippen LogP contribution < -0.4 is 0 Å². The molecule has 0 aromatic rings. The van der Waals surface area contributed by atoms with E-state index in [1.54, 1.807) is 0 Å². The third-order valence-electron chi connectivity index (χ3n) is 0. The van der Waals surface area contributed by atoms with Crippen LogP contribution in [0.25, 0.3) is 0 Å². The minimum absolute atomic E-state index is 0. The van der Waals surface area contributed by atoms with E-state index in [-0.39, 0.29) is 138 Å². The van der Waals surface area contributed by atoms with Crippen molar-refractivity contribution in [2.45, 2.75) is 0 Å². The molecule has 0 heterocycles. The van der Waals surface area contributed by atoms with Gasteiger partial charge in [0.15, 0.2) is 0 Å². The average molecular weight is 679 g/mol. The first-order chi connectivity index (χ1) is 0. The van der Waals surface area contributed by atoms with Crippen LogP contribution >= 0.6 is 0 Å². The number of hydrogen-bond donors (Lipinski definition) is 0. The van der Waals surface area contributed by atoms with Crippen LogP contribution in [0.2, 0.25) is 0 Å². The molecular weight excluding hydrogens is 679 g/mol. The van der Waals surface area contributed by atoms with Gasteiger partial charge in [-0.25, -0.2) is 0 Å². The molecule has 0 fully saturated rings. The van der Waals surface area contributed by atoms with Gasteiger partial charge in [0.2, 0.25) is 0 Å². The Balaban J connectivity index is 0. The maximum Gasteiger partial charge on any atom is 0 e. The molecule has 0 spiro atoms. The van der Waals surface area contributed by atoms with Gasteiger partial charge in [0.25, 0.3) is 0 Å². The third kappa shape index (κ3) is 17.7. The minimum atomic E-state index is 0. The maximum atomic E-state index is 0. The normalized spacial score (nSPS) is 0. The molecular formula is AsBaHgNiPb. The van der Waals surface area contributed by atoms with Gasteiger partial charge in [-0.3, -0.25) is 0 Å². The van der Waals surface area contributed by atoms with Gasteiger partial charge < -0.3 is 0 Å². The van der Waals surface area contributed by atoms with Gasteiger partial charge in [0.05, 0.1) is 0 Å². The van der Waals surface area contributed by atoms with Crippen molar-refractivity contribution in [1.82, 2.24) is 0 Å². The van der Waals surface area contributed by atoms with Crippen molar-refractivity contribution in [2.24, 2.45) is 0 Å². The minimum Gasteiger partial charge on any atom is 0 e. The molecule has 0 aliphatic rings. The summed E-state index contributed by atoms with van der Waals surface area (Å²) in [6.45, 7) is 0. The van der Waals surface area contributed by atoms with Crippen molar-refractivity contribution in [3.63, 3.8) is 0 Å². The molecule has 5 heteroatoms. The van der Waals surface area contributed by atoms with Crippen LogP contribution in [0, 0.1) is 0 Å². The summed E-state index contributed by atoms with van der Waals surface area (Å²) >= 11 is 0. The third-order valence-corrected chi connectivity index (χ3v) is 0. The topological polar surface area (TPSA) is 0 Å². The second-order valence-electron chi connectivity index (χ2n) is 0. The Kier molecular flexibility index (Phi) is 161. The van der Waals surface area contributed by atoms with E-state index in [4.69, 9.17) is 0 Å². The first kappa shape index (κ1) is 34.0. The zero-order chi connectivity index (χ0) is 0. The van der Waals surface area contributed by atoms with Crippen LogP contribution in [0.1, 0.15) is 0 Å².